The fourth-order valence-corrected chi connectivity index (χ4v) is 2.50. The van der Waals surface area contributed by atoms with Crippen LogP contribution in [0.3, 0.4) is 0 Å². The van der Waals surface area contributed by atoms with Crippen molar-refractivity contribution in [2.45, 2.75) is 25.0 Å². The van der Waals surface area contributed by atoms with Crippen LogP contribution in [0, 0.1) is 5.82 Å². The van der Waals surface area contributed by atoms with Crippen molar-refractivity contribution in [2.75, 3.05) is 13.1 Å². The van der Waals surface area contributed by atoms with E-state index in [-0.39, 0.29) is 17.8 Å². The average molecular weight is 331 g/mol. The van der Waals surface area contributed by atoms with E-state index in [1.165, 1.54) is 6.07 Å². The number of nitrogens with one attached hydrogen (secondary N) is 2. The average Bonchev–Trinajstić information content (AvgIpc) is 2.80. The standard InChI is InChI=1S/C13H16BrFN2O2/c14-9-1-2-11(15)8(5-9)3-4-16-13(19)12-6-10(18)7-17-12/h1-2,5,10,12,17-18H,3-4,6-7H2,(H,16,19). The van der Waals surface area contributed by atoms with E-state index in [2.05, 4.69) is 26.6 Å². The quantitative estimate of drug-likeness (QED) is 0.771. The fourth-order valence-electron chi connectivity index (χ4n) is 2.10. The van der Waals surface area contributed by atoms with Gasteiger partial charge >= 0.3 is 0 Å². The third kappa shape index (κ3) is 3.99. The topological polar surface area (TPSA) is 61.4 Å². The Bertz CT molecular complexity index is 470. The molecule has 2 atom stereocenters. The highest BCUT2D eigenvalue weighted by molar-refractivity contribution is 9.10. The number of aliphatic hydroxyl groups excluding tert-OH is 1. The molecule has 6 heteroatoms. The highest BCUT2D eigenvalue weighted by atomic mass is 79.9. The largest absolute Gasteiger partial charge is 0.392 e. The molecular weight excluding hydrogens is 315 g/mol. The number of benzene rings is 1. The second-order valence-electron chi connectivity index (χ2n) is 4.63. The monoisotopic (exact) mass is 330 g/mol. The van der Waals surface area contributed by atoms with Crippen molar-refractivity contribution in [1.82, 2.24) is 10.6 Å². The smallest absolute Gasteiger partial charge is 0.237 e. The first-order chi connectivity index (χ1) is 9.06. The molecule has 1 amide bonds. The molecule has 1 fully saturated rings. The lowest BCUT2D eigenvalue weighted by atomic mass is 10.1. The number of halogens is 2. The minimum atomic E-state index is -0.460. The van der Waals surface area contributed by atoms with Gasteiger partial charge in [-0.05, 0) is 36.6 Å². The zero-order valence-electron chi connectivity index (χ0n) is 10.3. The Labute approximate surface area is 119 Å². The molecule has 1 saturated heterocycles. The van der Waals surface area contributed by atoms with E-state index in [9.17, 15) is 14.3 Å². The van der Waals surface area contributed by atoms with Gasteiger partial charge in [0.25, 0.3) is 0 Å². The first-order valence-electron chi connectivity index (χ1n) is 6.19. The van der Waals surface area contributed by atoms with Gasteiger partial charge in [0.1, 0.15) is 5.82 Å². The number of β-amino-alcohol motifs (C(OH)–C–C–N with tert-alkyl or cyclic N) is 1. The van der Waals surface area contributed by atoms with Crippen LogP contribution in [0.2, 0.25) is 0 Å². The number of carbonyl (C=O) groups is 1. The van der Waals surface area contributed by atoms with Crippen LogP contribution in [0.25, 0.3) is 0 Å². The van der Waals surface area contributed by atoms with Gasteiger partial charge in [0.05, 0.1) is 12.1 Å². The summed E-state index contributed by atoms with van der Waals surface area (Å²) < 4.78 is 14.3. The van der Waals surface area contributed by atoms with Crippen molar-refractivity contribution < 1.29 is 14.3 Å². The lowest BCUT2D eigenvalue weighted by Gasteiger charge is -2.11. The Balaban J connectivity index is 1.80. The third-order valence-corrected chi connectivity index (χ3v) is 3.62. The molecule has 104 valence electrons. The van der Waals surface area contributed by atoms with Crippen LogP contribution >= 0.6 is 15.9 Å². The van der Waals surface area contributed by atoms with Crippen LogP contribution in [-0.2, 0) is 11.2 Å². The summed E-state index contributed by atoms with van der Waals surface area (Å²) in [4.78, 5) is 11.7. The van der Waals surface area contributed by atoms with E-state index >= 15 is 0 Å². The van der Waals surface area contributed by atoms with E-state index in [0.29, 0.717) is 31.5 Å². The molecule has 1 aromatic carbocycles. The van der Waals surface area contributed by atoms with Gasteiger partial charge in [-0.15, -0.1) is 0 Å². The maximum absolute atomic E-state index is 13.5. The zero-order valence-corrected chi connectivity index (χ0v) is 11.9. The van der Waals surface area contributed by atoms with Crippen molar-refractivity contribution in [2.24, 2.45) is 0 Å². The Kier molecular flexibility index (Phi) is 4.90. The summed E-state index contributed by atoms with van der Waals surface area (Å²) in [6.45, 7) is 0.818. The Morgan fingerprint density at radius 1 is 1.58 bits per heavy atom. The first kappa shape index (κ1) is 14.4. The molecule has 0 bridgehead atoms. The van der Waals surface area contributed by atoms with Crippen LogP contribution in [0.5, 0.6) is 0 Å². The SMILES string of the molecule is O=C(NCCc1cc(Br)ccc1F)C1CC(O)CN1. The maximum Gasteiger partial charge on any atom is 0.237 e. The minimum absolute atomic E-state index is 0.146. The van der Waals surface area contributed by atoms with Crippen molar-refractivity contribution in [3.05, 3.63) is 34.1 Å². The van der Waals surface area contributed by atoms with Gasteiger partial charge in [-0.1, -0.05) is 15.9 Å². The predicted octanol–water partition coefficient (Wildman–Crippen LogP) is 0.970. The van der Waals surface area contributed by atoms with E-state index in [1.807, 2.05) is 0 Å². The second kappa shape index (κ2) is 6.45. The number of amides is 1. The summed E-state index contributed by atoms with van der Waals surface area (Å²) in [5.41, 5.74) is 0.564. The maximum atomic E-state index is 13.5. The molecule has 1 aliphatic rings. The minimum Gasteiger partial charge on any atom is -0.392 e. The number of rotatable bonds is 4. The summed E-state index contributed by atoms with van der Waals surface area (Å²) >= 11 is 3.29. The zero-order chi connectivity index (χ0) is 13.8. The Hall–Kier alpha value is -0.980. The van der Waals surface area contributed by atoms with E-state index < -0.39 is 6.10 Å². The van der Waals surface area contributed by atoms with Crippen molar-refractivity contribution >= 4 is 21.8 Å². The number of hydrogen-bond acceptors (Lipinski definition) is 3. The summed E-state index contributed by atoms with van der Waals surface area (Å²) in [6.07, 6.45) is 0.405. The van der Waals surface area contributed by atoms with E-state index in [4.69, 9.17) is 0 Å². The lowest BCUT2D eigenvalue weighted by Crippen LogP contribution is -2.41. The third-order valence-electron chi connectivity index (χ3n) is 3.13. The number of hydrogen-bond donors (Lipinski definition) is 3. The molecular formula is C13H16BrFN2O2. The molecule has 0 radical (unpaired) electrons. The van der Waals surface area contributed by atoms with Gasteiger partial charge in [0, 0.05) is 17.6 Å². The van der Waals surface area contributed by atoms with Crippen molar-refractivity contribution in [3.8, 4) is 0 Å². The van der Waals surface area contributed by atoms with Gasteiger partial charge in [0.15, 0.2) is 0 Å². The fraction of sp³-hybridized carbons (Fsp3) is 0.462. The van der Waals surface area contributed by atoms with Gasteiger partial charge in [-0.25, -0.2) is 4.39 Å². The summed E-state index contributed by atoms with van der Waals surface area (Å²) in [6, 6.07) is 4.40. The van der Waals surface area contributed by atoms with Crippen molar-refractivity contribution in [1.29, 1.82) is 0 Å². The molecule has 1 heterocycles. The molecule has 19 heavy (non-hydrogen) atoms. The highest BCUT2D eigenvalue weighted by Crippen LogP contribution is 2.15. The summed E-state index contributed by atoms with van der Waals surface area (Å²) in [5, 5.41) is 15.0. The van der Waals surface area contributed by atoms with Crippen LogP contribution in [0.15, 0.2) is 22.7 Å². The van der Waals surface area contributed by atoms with Gasteiger partial charge in [0.2, 0.25) is 5.91 Å². The van der Waals surface area contributed by atoms with Crippen LogP contribution < -0.4 is 10.6 Å². The molecule has 0 saturated carbocycles. The lowest BCUT2D eigenvalue weighted by molar-refractivity contribution is -0.122. The van der Waals surface area contributed by atoms with Crippen LogP contribution in [0.1, 0.15) is 12.0 Å². The van der Waals surface area contributed by atoms with Gasteiger partial charge in [-0.2, -0.15) is 0 Å². The van der Waals surface area contributed by atoms with E-state index in [1.54, 1.807) is 12.1 Å². The summed E-state index contributed by atoms with van der Waals surface area (Å²) in [5.74, 6) is -0.418. The van der Waals surface area contributed by atoms with Gasteiger partial charge in [-0.3, -0.25) is 4.79 Å². The van der Waals surface area contributed by atoms with E-state index in [0.717, 1.165) is 4.47 Å². The summed E-state index contributed by atoms with van der Waals surface area (Å²) in [7, 11) is 0. The highest BCUT2D eigenvalue weighted by Gasteiger charge is 2.27. The molecule has 4 nitrogen and oxygen atoms in total. The van der Waals surface area contributed by atoms with Gasteiger partial charge < -0.3 is 15.7 Å². The number of aliphatic hydroxyl groups is 1. The van der Waals surface area contributed by atoms with Crippen LogP contribution in [0.4, 0.5) is 4.39 Å². The predicted molar refractivity (Wildman–Crippen MR) is 73.2 cm³/mol. The first-order valence-corrected chi connectivity index (χ1v) is 6.98. The molecule has 1 aliphatic heterocycles. The normalized spacial score (nSPS) is 22.5. The molecule has 2 rings (SSSR count). The molecule has 2 unspecified atom stereocenters. The second-order valence-corrected chi connectivity index (χ2v) is 5.54. The molecule has 1 aromatic rings. The molecule has 0 spiro atoms. The Morgan fingerprint density at radius 2 is 2.37 bits per heavy atom. The van der Waals surface area contributed by atoms with Crippen molar-refractivity contribution in [3.63, 3.8) is 0 Å². The number of carbonyl (C=O) groups excluding carboxylic acids is 1. The Morgan fingerprint density at radius 3 is 3.05 bits per heavy atom. The molecule has 3 N–H and O–H groups in total. The molecule has 0 aromatic heterocycles. The van der Waals surface area contributed by atoms with Crippen LogP contribution in [-0.4, -0.2) is 36.2 Å². The molecule has 0 aliphatic carbocycles.